The maximum absolute atomic E-state index is 13.5. The summed E-state index contributed by atoms with van der Waals surface area (Å²) >= 11 is 0. The van der Waals surface area contributed by atoms with Gasteiger partial charge in [-0.15, -0.1) is 0 Å². The van der Waals surface area contributed by atoms with E-state index in [1.807, 2.05) is 0 Å². The number of nitrogens with one attached hydrogen (secondary N) is 3. The minimum Gasteiger partial charge on any atom is -0.466 e. The summed E-state index contributed by atoms with van der Waals surface area (Å²) in [6, 6.07) is 9.21. The Hall–Kier alpha value is -4.67. The van der Waals surface area contributed by atoms with Crippen molar-refractivity contribution in [3.05, 3.63) is 76.9 Å². The Bertz CT molecular complexity index is 1660. The van der Waals surface area contributed by atoms with E-state index in [-0.39, 0.29) is 42.6 Å². The van der Waals surface area contributed by atoms with Crippen molar-refractivity contribution >= 4 is 40.3 Å². The predicted octanol–water partition coefficient (Wildman–Crippen LogP) is 3.78. The van der Waals surface area contributed by atoms with Crippen molar-refractivity contribution in [1.82, 2.24) is 15.2 Å². The molecule has 4 fully saturated rings. The number of nitrogens with zero attached hydrogens (tertiary/aromatic N) is 1. The summed E-state index contributed by atoms with van der Waals surface area (Å²) in [6.07, 6.45) is 12.1. The number of para-hydroxylation sites is 1. The number of benzene rings is 1. The van der Waals surface area contributed by atoms with Gasteiger partial charge in [-0.1, -0.05) is 24.3 Å². The van der Waals surface area contributed by atoms with Gasteiger partial charge in [-0.25, -0.2) is 4.79 Å². The summed E-state index contributed by atoms with van der Waals surface area (Å²) in [5, 5.41) is 9.19. The molecular formula is C34H38N4O7. The quantitative estimate of drug-likeness (QED) is 0.220. The number of anilines is 1. The highest BCUT2D eigenvalue weighted by molar-refractivity contribution is 6.08. The van der Waals surface area contributed by atoms with Gasteiger partial charge in [-0.2, -0.15) is 0 Å². The molecule has 4 bridgehead atoms. The molecule has 0 unspecified atom stereocenters. The number of furan rings is 1. The summed E-state index contributed by atoms with van der Waals surface area (Å²) in [6.45, 7) is -0.155. The Morgan fingerprint density at radius 1 is 1.02 bits per heavy atom. The molecule has 236 valence electrons. The SMILES string of the molecule is COC(=O)/C=C/CC[C@H](NC(=O)c1coc2ccccc12)C(=O)Nc1cccn(CC(=O)NC2C3CC4CC(C3)CC2C4)c1=O. The molecule has 7 rings (SSSR count). The van der Waals surface area contributed by atoms with Gasteiger partial charge in [0.1, 0.15) is 30.1 Å². The van der Waals surface area contributed by atoms with Crippen LogP contribution in [0.4, 0.5) is 5.69 Å². The molecule has 1 atom stereocenters. The van der Waals surface area contributed by atoms with E-state index >= 15 is 0 Å². The third-order valence-electron chi connectivity index (χ3n) is 9.57. The van der Waals surface area contributed by atoms with E-state index in [0.29, 0.717) is 22.8 Å². The van der Waals surface area contributed by atoms with Crippen LogP contribution in [0.2, 0.25) is 0 Å². The summed E-state index contributed by atoms with van der Waals surface area (Å²) in [5.41, 5.74) is 0.258. The Labute approximate surface area is 260 Å². The molecule has 2 aromatic heterocycles. The highest BCUT2D eigenvalue weighted by Gasteiger charge is 2.48. The van der Waals surface area contributed by atoms with Crippen molar-refractivity contribution in [3.63, 3.8) is 0 Å². The second-order valence-electron chi connectivity index (χ2n) is 12.5. The zero-order valence-corrected chi connectivity index (χ0v) is 25.2. The third kappa shape index (κ3) is 6.72. The van der Waals surface area contributed by atoms with Crippen molar-refractivity contribution in [2.75, 3.05) is 12.4 Å². The number of fused-ring (bicyclic) bond motifs is 1. The van der Waals surface area contributed by atoms with E-state index in [1.54, 1.807) is 36.4 Å². The Morgan fingerprint density at radius 2 is 1.76 bits per heavy atom. The topological polar surface area (TPSA) is 149 Å². The largest absolute Gasteiger partial charge is 0.466 e. The van der Waals surface area contributed by atoms with Crippen LogP contribution >= 0.6 is 0 Å². The lowest BCUT2D eigenvalue weighted by atomic mass is 9.54. The second kappa shape index (κ2) is 13.1. The van der Waals surface area contributed by atoms with Gasteiger partial charge in [-0.05, 0) is 86.8 Å². The number of pyridine rings is 1. The Kier molecular flexibility index (Phi) is 8.86. The first-order chi connectivity index (χ1) is 21.8. The first kappa shape index (κ1) is 30.4. The molecule has 11 heteroatoms. The molecule has 0 saturated heterocycles. The number of hydrogen-bond donors (Lipinski definition) is 3. The maximum Gasteiger partial charge on any atom is 0.330 e. The summed E-state index contributed by atoms with van der Waals surface area (Å²) < 4.78 is 11.4. The molecule has 0 aliphatic heterocycles. The Morgan fingerprint density at radius 3 is 2.49 bits per heavy atom. The fourth-order valence-corrected chi connectivity index (χ4v) is 7.69. The van der Waals surface area contributed by atoms with E-state index in [4.69, 9.17) is 4.42 Å². The van der Waals surface area contributed by atoms with Crippen molar-refractivity contribution in [3.8, 4) is 0 Å². The molecular weight excluding hydrogens is 576 g/mol. The van der Waals surface area contributed by atoms with Crippen LogP contribution in [0.3, 0.4) is 0 Å². The lowest BCUT2D eigenvalue weighted by molar-refractivity contribution is -0.134. The van der Waals surface area contributed by atoms with Gasteiger partial charge in [0.05, 0.1) is 12.7 Å². The molecule has 45 heavy (non-hydrogen) atoms. The molecule has 3 aromatic rings. The lowest BCUT2D eigenvalue weighted by Gasteiger charge is -2.54. The maximum atomic E-state index is 13.5. The van der Waals surface area contributed by atoms with Gasteiger partial charge < -0.3 is 29.7 Å². The molecule has 4 saturated carbocycles. The lowest BCUT2D eigenvalue weighted by Crippen LogP contribution is -2.56. The van der Waals surface area contributed by atoms with Crippen molar-refractivity contribution < 1.29 is 28.3 Å². The molecule has 3 N–H and O–H groups in total. The van der Waals surface area contributed by atoms with Crippen molar-refractivity contribution in [2.45, 2.75) is 63.6 Å². The molecule has 0 spiro atoms. The molecule has 3 amide bonds. The van der Waals surface area contributed by atoms with Crippen LogP contribution in [0.5, 0.6) is 0 Å². The smallest absolute Gasteiger partial charge is 0.330 e. The molecule has 2 heterocycles. The molecule has 11 nitrogen and oxygen atoms in total. The van der Waals surface area contributed by atoms with Crippen LogP contribution in [0.25, 0.3) is 11.0 Å². The predicted molar refractivity (Wildman–Crippen MR) is 166 cm³/mol. The number of esters is 1. The fraction of sp³-hybridized carbons (Fsp3) is 0.441. The number of methoxy groups -OCH3 is 1. The molecule has 0 radical (unpaired) electrons. The van der Waals surface area contributed by atoms with Gasteiger partial charge in [-0.3, -0.25) is 19.2 Å². The number of aromatic nitrogens is 1. The fourth-order valence-electron chi connectivity index (χ4n) is 7.69. The standard InChI is InChI=1S/C34H38N4O7/c1-44-30(40)11-5-3-8-26(35-32(41)25-19-45-28-10-4-2-7-24(25)28)33(42)36-27-9-6-12-38(34(27)43)18-29(39)37-31-22-14-20-13-21(16-22)17-23(31)15-20/h2,4-7,9-12,19-23,26,31H,3,8,13-18H2,1H3,(H,35,41)(H,36,42)(H,37,39)/b11-5+/t20?,21?,22?,23?,26-,31?/m0/s1. The second-order valence-corrected chi connectivity index (χ2v) is 12.5. The number of allylic oxidation sites excluding steroid dienone is 1. The van der Waals surface area contributed by atoms with E-state index in [1.165, 1.54) is 68.4 Å². The zero-order chi connectivity index (χ0) is 31.5. The summed E-state index contributed by atoms with van der Waals surface area (Å²) in [5.74, 6) is 0.721. The summed E-state index contributed by atoms with van der Waals surface area (Å²) in [7, 11) is 1.26. The monoisotopic (exact) mass is 614 g/mol. The third-order valence-corrected chi connectivity index (χ3v) is 9.57. The minimum absolute atomic E-state index is 0.0111. The van der Waals surface area contributed by atoms with E-state index < -0.39 is 29.4 Å². The van der Waals surface area contributed by atoms with Gasteiger partial charge in [0.15, 0.2) is 0 Å². The van der Waals surface area contributed by atoms with Crippen molar-refractivity contribution in [2.24, 2.45) is 23.7 Å². The number of ether oxygens (including phenoxy) is 1. The highest BCUT2D eigenvalue weighted by atomic mass is 16.5. The number of hydrogen-bond acceptors (Lipinski definition) is 7. The number of amides is 3. The zero-order valence-electron chi connectivity index (χ0n) is 25.2. The van der Waals surface area contributed by atoms with Gasteiger partial charge in [0, 0.05) is 23.7 Å². The van der Waals surface area contributed by atoms with Gasteiger partial charge >= 0.3 is 5.97 Å². The van der Waals surface area contributed by atoms with Gasteiger partial charge in [0.2, 0.25) is 11.8 Å². The number of carbonyl (C=O) groups is 4. The molecule has 4 aliphatic rings. The van der Waals surface area contributed by atoms with Crippen LogP contribution in [-0.2, 0) is 25.7 Å². The minimum atomic E-state index is -1.05. The van der Waals surface area contributed by atoms with Crippen LogP contribution in [0.1, 0.15) is 55.3 Å². The first-order valence-corrected chi connectivity index (χ1v) is 15.6. The van der Waals surface area contributed by atoms with E-state index in [9.17, 15) is 24.0 Å². The molecule has 4 aliphatic carbocycles. The molecule has 1 aromatic carbocycles. The normalized spacial score (nSPS) is 24.0. The number of rotatable bonds is 11. The first-order valence-electron chi connectivity index (χ1n) is 15.6. The highest BCUT2D eigenvalue weighted by Crippen LogP contribution is 2.53. The van der Waals surface area contributed by atoms with Crippen LogP contribution < -0.4 is 21.5 Å². The van der Waals surface area contributed by atoms with Crippen LogP contribution in [0, 0.1) is 23.7 Å². The van der Waals surface area contributed by atoms with Gasteiger partial charge in [0.25, 0.3) is 11.5 Å². The van der Waals surface area contributed by atoms with E-state index in [0.717, 1.165) is 11.8 Å². The Balaban J connectivity index is 1.13. The average Bonchev–Trinajstić information content (AvgIpc) is 3.46. The van der Waals surface area contributed by atoms with E-state index in [2.05, 4.69) is 20.7 Å². The average molecular weight is 615 g/mol. The summed E-state index contributed by atoms with van der Waals surface area (Å²) in [4.78, 5) is 64.6. The van der Waals surface area contributed by atoms with Crippen molar-refractivity contribution in [1.29, 1.82) is 0 Å². The van der Waals surface area contributed by atoms with Crippen LogP contribution in [0.15, 0.2) is 70.2 Å². The van der Waals surface area contributed by atoms with Crippen LogP contribution in [-0.4, -0.2) is 47.5 Å². The number of carbonyl (C=O) groups excluding carboxylic acids is 4.